The molecule has 0 heterocycles. The first-order chi connectivity index (χ1) is 11.0. The smallest absolute Gasteiger partial charge is 0.327 e. The number of unbranched alkanes of at least 4 members (excludes halogenated alkanes) is 7. The Morgan fingerprint density at radius 1 is 0.957 bits per heavy atom. The van der Waals surface area contributed by atoms with Gasteiger partial charge in [-0.05, 0) is 12.8 Å². The molecule has 0 bridgehead atoms. The normalized spacial score (nSPS) is 11.7. The highest BCUT2D eigenvalue weighted by atomic mass is 32.1. The summed E-state index contributed by atoms with van der Waals surface area (Å²) >= 11 is 3.90. The minimum Gasteiger partial charge on any atom is -0.480 e. The van der Waals surface area contributed by atoms with Gasteiger partial charge in [-0.2, -0.15) is 12.6 Å². The Hall–Kier alpha value is -1.24. The van der Waals surface area contributed by atoms with Crippen molar-refractivity contribution in [3.63, 3.8) is 0 Å². The number of carbonyl (C=O) groups is 3. The maximum atomic E-state index is 11.6. The number of carboxylic acid groups (broad SMARTS) is 1. The lowest BCUT2D eigenvalue weighted by molar-refractivity contribution is -0.141. The lowest BCUT2D eigenvalue weighted by Crippen LogP contribution is -2.42. The topological polar surface area (TPSA) is 95.5 Å². The number of hydrogen-bond donors (Lipinski definition) is 4. The first kappa shape index (κ1) is 21.8. The van der Waals surface area contributed by atoms with E-state index in [4.69, 9.17) is 5.11 Å². The van der Waals surface area contributed by atoms with Gasteiger partial charge in [-0.3, -0.25) is 9.59 Å². The van der Waals surface area contributed by atoms with Gasteiger partial charge in [0, 0.05) is 25.6 Å². The van der Waals surface area contributed by atoms with Gasteiger partial charge in [0.05, 0.1) is 0 Å². The maximum absolute atomic E-state index is 11.6. The summed E-state index contributed by atoms with van der Waals surface area (Å²) in [7, 11) is 0. The van der Waals surface area contributed by atoms with E-state index < -0.39 is 12.0 Å². The Morgan fingerprint density at radius 2 is 1.48 bits per heavy atom. The van der Waals surface area contributed by atoms with Crippen LogP contribution in [0.5, 0.6) is 0 Å². The van der Waals surface area contributed by atoms with Gasteiger partial charge < -0.3 is 15.7 Å². The molecule has 1 atom stereocenters. The number of nitrogens with one attached hydrogen (secondary N) is 2. The van der Waals surface area contributed by atoms with Crippen LogP contribution in [0.3, 0.4) is 0 Å². The zero-order chi connectivity index (χ0) is 17.5. The molecule has 2 amide bonds. The summed E-state index contributed by atoms with van der Waals surface area (Å²) in [5, 5.41) is 14.1. The van der Waals surface area contributed by atoms with E-state index in [0.29, 0.717) is 6.42 Å². The molecule has 6 nitrogen and oxygen atoms in total. The Bertz CT molecular complexity index is 364. The minimum atomic E-state index is -1.05. The third-order valence-corrected chi connectivity index (χ3v) is 3.89. The lowest BCUT2D eigenvalue weighted by atomic mass is 10.1. The van der Waals surface area contributed by atoms with Crippen LogP contribution in [0.2, 0.25) is 0 Å². The molecule has 0 rings (SSSR count). The number of hydrogen-bond acceptors (Lipinski definition) is 4. The lowest BCUT2D eigenvalue weighted by Gasteiger charge is -2.11. The number of amides is 2. The summed E-state index contributed by atoms with van der Waals surface area (Å²) in [6.07, 6.45) is 8.87. The van der Waals surface area contributed by atoms with Crippen LogP contribution in [-0.2, 0) is 14.4 Å². The van der Waals surface area contributed by atoms with Crippen LogP contribution in [0, 0.1) is 0 Å². The van der Waals surface area contributed by atoms with Crippen LogP contribution in [0.25, 0.3) is 0 Å². The van der Waals surface area contributed by atoms with Crippen molar-refractivity contribution >= 4 is 30.4 Å². The molecule has 134 valence electrons. The van der Waals surface area contributed by atoms with Crippen molar-refractivity contribution in [1.29, 1.82) is 0 Å². The molecule has 0 fully saturated rings. The molecule has 0 aliphatic heterocycles. The molecule has 0 aromatic rings. The first-order valence-corrected chi connectivity index (χ1v) is 8.98. The Balaban J connectivity index is 3.37. The van der Waals surface area contributed by atoms with Crippen LogP contribution in [0.1, 0.15) is 64.7 Å². The van der Waals surface area contributed by atoms with Gasteiger partial charge in [0.25, 0.3) is 0 Å². The minimum absolute atomic E-state index is 0.0260. The highest BCUT2D eigenvalue weighted by Crippen LogP contribution is 2.09. The molecule has 0 aliphatic carbocycles. The van der Waals surface area contributed by atoms with Gasteiger partial charge in [-0.25, -0.2) is 4.79 Å². The second-order valence-electron chi connectivity index (χ2n) is 5.70. The number of carboxylic acids is 1. The second-order valence-corrected chi connectivity index (χ2v) is 6.07. The highest BCUT2D eigenvalue weighted by Gasteiger charge is 2.17. The van der Waals surface area contributed by atoms with Crippen molar-refractivity contribution in [3.05, 3.63) is 0 Å². The molecule has 0 radical (unpaired) electrons. The fourth-order valence-corrected chi connectivity index (χ4v) is 2.44. The van der Waals surface area contributed by atoms with Gasteiger partial charge in [-0.15, -0.1) is 0 Å². The molecular formula is C16H30N2O4S. The van der Waals surface area contributed by atoms with Gasteiger partial charge in [-0.1, -0.05) is 38.5 Å². The van der Waals surface area contributed by atoms with E-state index in [9.17, 15) is 14.4 Å². The van der Waals surface area contributed by atoms with E-state index >= 15 is 0 Å². The predicted octanol–water partition coefficient (Wildman–Crippen LogP) is 2.13. The third kappa shape index (κ3) is 14.1. The van der Waals surface area contributed by atoms with Crippen LogP contribution in [0.4, 0.5) is 0 Å². The van der Waals surface area contributed by atoms with Crippen molar-refractivity contribution in [1.82, 2.24) is 10.6 Å². The average molecular weight is 346 g/mol. The van der Waals surface area contributed by atoms with Gasteiger partial charge >= 0.3 is 5.97 Å². The molecule has 23 heavy (non-hydrogen) atoms. The molecule has 1 unspecified atom stereocenters. The molecule has 0 spiro atoms. The summed E-state index contributed by atoms with van der Waals surface area (Å²) < 4.78 is 0. The Kier molecular flexibility index (Phi) is 13.6. The first-order valence-electron chi connectivity index (χ1n) is 8.34. The van der Waals surface area contributed by atoms with Gasteiger partial charge in [0.15, 0.2) is 0 Å². The van der Waals surface area contributed by atoms with E-state index in [1.165, 1.54) is 19.8 Å². The SMILES string of the molecule is CC(=O)NCCCCCCCCCCC(=O)NC(CS)C(=O)O. The monoisotopic (exact) mass is 346 g/mol. The zero-order valence-electron chi connectivity index (χ0n) is 14.0. The predicted molar refractivity (Wildman–Crippen MR) is 93.7 cm³/mol. The third-order valence-electron chi connectivity index (χ3n) is 3.52. The number of thiol groups is 1. The van der Waals surface area contributed by atoms with Crippen molar-refractivity contribution in [3.8, 4) is 0 Å². The van der Waals surface area contributed by atoms with Crippen molar-refractivity contribution in [2.45, 2.75) is 70.8 Å². The van der Waals surface area contributed by atoms with Crippen molar-refractivity contribution in [2.24, 2.45) is 0 Å². The quantitative estimate of drug-likeness (QED) is 0.286. The van der Waals surface area contributed by atoms with Gasteiger partial charge in [0.1, 0.15) is 6.04 Å². The molecule has 0 saturated heterocycles. The molecule has 3 N–H and O–H groups in total. The molecule has 7 heteroatoms. The Morgan fingerprint density at radius 3 is 1.96 bits per heavy atom. The molecule has 0 aromatic carbocycles. The number of rotatable bonds is 14. The summed E-state index contributed by atoms with van der Waals surface area (Å²) in [6.45, 7) is 2.29. The van der Waals surface area contributed by atoms with Gasteiger partial charge in [0.2, 0.25) is 11.8 Å². The second kappa shape index (κ2) is 14.4. The fourth-order valence-electron chi connectivity index (χ4n) is 2.19. The maximum Gasteiger partial charge on any atom is 0.327 e. The fraction of sp³-hybridized carbons (Fsp3) is 0.812. The van der Waals surface area contributed by atoms with Crippen LogP contribution >= 0.6 is 12.6 Å². The van der Waals surface area contributed by atoms with E-state index in [2.05, 4.69) is 23.3 Å². The summed E-state index contributed by atoms with van der Waals surface area (Å²) in [4.78, 5) is 33.0. The standard InChI is InChI=1S/C16H30N2O4S/c1-13(19)17-11-9-7-5-3-2-4-6-8-10-15(20)18-14(12-23)16(21)22/h14,23H,2-12H2,1H3,(H,17,19)(H,18,20)(H,21,22). The molecular weight excluding hydrogens is 316 g/mol. The van der Waals surface area contributed by atoms with E-state index in [1.807, 2.05) is 0 Å². The zero-order valence-corrected chi connectivity index (χ0v) is 14.9. The number of carbonyl (C=O) groups excluding carboxylic acids is 2. The average Bonchev–Trinajstić information content (AvgIpc) is 2.49. The molecule has 0 aliphatic rings. The summed E-state index contributed by atoms with van der Waals surface area (Å²) in [5.74, 6) is -1.14. The van der Waals surface area contributed by atoms with Crippen LogP contribution in [-0.4, -0.2) is 41.2 Å². The Labute approximate surface area is 144 Å². The van der Waals surface area contributed by atoms with E-state index in [1.54, 1.807) is 0 Å². The van der Waals surface area contributed by atoms with E-state index in [0.717, 1.165) is 45.1 Å². The molecule has 0 saturated carbocycles. The largest absolute Gasteiger partial charge is 0.480 e. The van der Waals surface area contributed by atoms with Crippen molar-refractivity contribution < 1.29 is 19.5 Å². The van der Waals surface area contributed by atoms with E-state index in [-0.39, 0.29) is 17.6 Å². The van der Waals surface area contributed by atoms with Crippen LogP contribution in [0.15, 0.2) is 0 Å². The van der Waals surface area contributed by atoms with Crippen molar-refractivity contribution in [2.75, 3.05) is 12.3 Å². The van der Waals surface area contributed by atoms with Crippen LogP contribution < -0.4 is 10.6 Å². The summed E-state index contributed by atoms with van der Waals surface area (Å²) in [6, 6.07) is -0.900. The highest BCUT2D eigenvalue weighted by molar-refractivity contribution is 7.80. The molecule has 0 aromatic heterocycles. The summed E-state index contributed by atoms with van der Waals surface area (Å²) in [5.41, 5.74) is 0. The number of aliphatic carboxylic acids is 1.